The lowest BCUT2D eigenvalue weighted by molar-refractivity contribution is 0.319. The third-order valence-corrected chi connectivity index (χ3v) is 2.50. The van der Waals surface area contributed by atoms with E-state index < -0.39 is 0 Å². The van der Waals surface area contributed by atoms with Crippen molar-refractivity contribution in [3.8, 4) is 5.75 Å². The van der Waals surface area contributed by atoms with Gasteiger partial charge in [0.05, 0.1) is 12.3 Å². The van der Waals surface area contributed by atoms with Gasteiger partial charge in [0.2, 0.25) is 0 Å². The summed E-state index contributed by atoms with van der Waals surface area (Å²) in [7, 11) is 0. The first kappa shape index (κ1) is 13.8. The van der Waals surface area contributed by atoms with Crippen molar-refractivity contribution < 1.29 is 4.74 Å². The number of rotatable bonds is 7. The zero-order chi connectivity index (χ0) is 12.7. The minimum Gasteiger partial charge on any atom is -0.491 e. The molecule has 0 unspecified atom stereocenters. The van der Waals surface area contributed by atoms with Gasteiger partial charge in [-0.1, -0.05) is 26.8 Å². The summed E-state index contributed by atoms with van der Waals surface area (Å²) in [5.74, 6) is 0.799. The highest BCUT2D eigenvalue weighted by Gasteiger charge is 2.02. The number of hydrogen-bond acceptors (Lipinski definition) is 3. The molecule has 0 saturated carbocycles. The summed E-state index contributed by atoms with van der Waals surface area (Å²) >= 11 is 0. The molecule has 0 bridgehead atoms. The molecule has 1 aromatic carbocycles. The number of anilines is 1. The van der Waals surface area contributed by atoms with Crippen LogP contribution >= 0.6 is 0 Å². The summed E-state index contributed by atoms with van der Waals surface area (Å²) in [4.78, 5) is 0. The number of nitrogen functional groups attached to an aromatic ring is 1. The van der Waals surface area contributed by atoms with Gasteiger partial charge in [0.25, 0.3) is 0 Å². The molecular weight excluding hydrogens is 212 g/mol. The predicted molar refractivity (Wildman–Crippen MR) is 73.5 cm³/mol. The second kappa shape index (κ2) is 7.17. The molecule has 0 aliphatic heterocycles. The van der Waals surface area contributed by atoms with Crippen LogP contribution in [0, 0.1) is 0 Å². The fourth-order valence-electron chi connectivity index (χ4n) is 1.60. The van der Waals surface area contributed by atoms with Crippen LogP contribution in [0.3, 0.4) is 0 Å². The molecule has 0 saturated heterocycles. The maximum absolute atomic E-state index is 5.95. The highest BCUT2D eigenvalue weighted by Crippen LogP contribution is 2.22. The first-order chi connectivity index (χ1) is 8.13. The van der Waals surface area contributed by atoms with Crippen molar-refractivity contribution in [1.29, 1.82) is 0 Å². The maximum atomic E-state index is 5.95. The third-order valence-electron chi connectivity index (χ3n) is 2.50. The van der Waals surface area contributed by atoms with E-state index in [1.165, 1.54) is 5.56 Å². The van der Waals surface area contributed by atoms with Gasteiger partial charge in [-0.05, 0) is 37.1 Å². The van der Waals surface area contributed by atoms with Crippen molar-refractivity contribution >= 4 is 5.69 Å². The first-order valence-electron chi connectivity index (χ1n) is 6.38. The Morgan fingerprint density at radius 3 is 2.71 bits per heavy atom. The van der Waals surface area contributed by atoms with Crippen LogP contribution in [0.5, 0.6) is 5.75 Å². The summed E-state index contributed by atoms with van der Waals surface area (Å²) in [6.07, 6.45) is 2.00. The largest absolute Gasteiger partial charge is 0.491 e. The Morgan fingerprint density at radius 1 is 1.35 bits per heavy atom. The van der Waals surface area contributed by atoms with E-state index in [2.05, 4.69) is 32.2 Å². The Morgan fingerprint density at radius 2 is 2.12 bits per heavy atom. The van der Waals surface area contributed by atoms with Crippen LogP contribution in [0.4, 0.5) is 5.69 Å². The number of nitrogens with one attached hydrogen (secondary N) is 1. The van der Waals surface area contributed by atoms with Crippen LogP contribution in [-0.4, -0.2) is 19.2 Å². The summed E-state index contributed by atoms with van der Waals surface area (Å²) < 4.78 is 5.54. The fourth-order valence-corrected chi connectivity index (χ4v) is 1.60. The average Bonchev–Trinajstić information content (AvgIpc) is 2.27. The molecule has 0 aliphatic carbocycles. The number of ether oxygens (including phenoxy) is 1. The minimum atomic E-state index is 0.527. The molecule has 0 spiro atoms. The molecule has 1 aromatic rings. The number of nitrogens with two attached hydrogens (primary N) is 1. The van der Waals surface area contributed by atoms with E-state index in [-0.39, 0.29) is 0 Å². The van der Waals surface area contributed by atoms with E-state index in [4.69, 9.17) is 10.5 Å². The summed E-state index contributed by atoms with van der Waals surface area (Å²) in [5, 5.41) is 3.39. The van der Waals surface area contributed by atoms with Crippen molar-refractivity contribution in [3.63, 3.8) is 0 Å². The lowest BCUT2D eigenvalue weighted by atomic mass is 10.1. The molecule has 1 rings (SSSR count). The highest BCUT2D eigenvalue weighted by atomic mass is 16.5. The van der Waals surface area contributed by atoms with Crippen LogP contribution in [0.1, 0.15) is 32.8 Å². The van der Waals surface area contributed by atoms with Gasteiger partial charge in [-0.15, -0.1) is 0 Å². The van der Waals surface area contributed by atoms with E-state index >= 15 is 0 Å². The summed E-state index contributed by atoms with van der Waals surface area (Å²) in [5.41, 5.74) is 7.93. The minimum absolute atomic E-state index is 0.527. The van der Waals surface area contributed by atoms with Gasteiger partial charge in [0.1, 0.15) is 5.75 Å². The Labute approximate surface area is 104 Å². The zero-order valence-corrected chi connectivity index (χ0v) is 11.1. The summed E-state index contributed by atoms with van der Waals surface area (Å²) in [6, 6.07) is 6.59. The average molecular weight is 236 g/mol. The fraction of sp³-hybridized carbons (Fsp3) is 0.571. The van der Waals surface area contributed by atoms with Gasteiger partial charge >= 0.3 is 0 Å². The van der Waals surface area contributed by atoms with Crippen LogP contribution in [0.2, 0.25) is 0 Å². The molecular formula is C14H24N2O. The Kier molecular flexibility index (Phi) is 5.84. The van der Waals surface area contributed by atoms with Crippen molar-refractivity contribution in [2.24, 2.45) is 0 Å². The molecule has 0 amide bonds. The van der Waals surface area contributed by atoms with E-state index in [1.807, 2.05) is 12.1 Å². The third kappa shape index (κ3) is 5.09. The number of hydrogen-bond donors (Lipinski definition) is 2. The summed E-state index contributed by atoms with van der Waals surface area (Å²) in [6.45, 7) is 8.08. The Hall–Kier alpha value is -1.22. The van der Waals surface area contributed by atoms with Crippen LogP contribution in [-0.2, 0) is 6.42 Å². The van der Waals surface area contributed by atoms with Crippen LogP contribution in [0.25, 0.3) is 0 Å². The topological polar surface area (TPSA) is 47.3 Å². The van der Waals surface area contributed by atoms with Gasteiger partial charge in [-0.25, -0.2) is 0 Å². The van der Waals surface area contributed by atoms with E-state index in [1.54, 1.807) is 0 Å². The maximum Gasteiger partial charge on any atom is 0.142 e. The quantitative estimate of drug-likeness (QED) is 0.715. The Balaban J connectivity index is 2.50. The molecule has 0 aliphatic rings. The van der Waals surface area contributed by atoms with E-state index in [0.717, 1.165) is 37.4 Å². The lowest BCUT2D eigenvalue weighted by Gasteiger charge is -2.11. The second-order valence-electron chi connectivity index (χ2n) is 4.58. The molecule has 96 valence electrons. The normalized spacial score (nSPS) is 10.8. The van der Waals surface area contributed by atoms with Gasteiger partial charge < -0.3 is 15.8 Å². The molecule has 3 nitrogen and oxygen atoms in total. The van der Waals surface area contributed by atoms with E-state index in [0.29, 0.717) is 6.04 Å². The van der Waals surface area contributed by atoms with Gasteiger partial charge in [-0.2, -0.15) is 0 Å². The van der Waals surface area contributed by atoms with Crippen molar-refractivity contribution in [1.82, 2.24) is 5.32 Å². The Bertz CT molecular complexity index is 337. The predicted octanol–water partition coefficient (Wildman–Crippen LogP) is 2.60. The molecule has 3 N–H and O–H groups in total. The lowest BCUT2D eigenvalue weighted by Crippen LogP contribution is -2.24. The molecule has 0 fully saturated rings. The standard InChI is InChI=1S/C14H24N2O/c1-4-9-17-14-6-5-12(10-13(14)15)7-8-16-11(2)3/h5-6,10-11,16H,4,7-9,15H2,1-3H3. The van der Waals surface area contributed by atoms with Crippen LogP contribution < -0.4 is 15.8 Å². The van der Waals surface area contributed by atoms with E-state index in [9.17, 15) is 0 Å². The highest BCUT2D eigenvalue weighted by molar-refractivity contribution is 5.54. The smallest absolute Gasteiger partial charge is 0.142 e. The molecule has 17 heavy (non-hydrogen) atoms. The van der Waals surface area contributed by atoms with Crippen molar-refractivity contribution in [2.75, 3.05) is 18.9 Å². The second-order valence-corrected chi connectivity index (χ2v) is 4.58. The first-order valence-corrected chi connectivity index (χ1v) is 6.38. The van der Waals surface area contributed by atoms with Gasteiger partial charge in [-0.3, -0.25) is 0 Å². The van der Waals surface area contributed by atoms with Gasteiger partial charge in [0, 0.05) is 6.04 Å². The van der Waals surface area contributed by atoms with Crippen LogP contribution in [0.15, 0.2) is 18.2 Å². The number of benzene rings is 1. The molecule has 0 atom stereocenters. The monoisotopic (exact) mass is 236 g/mol. The van der Waals surface area contributed by atoms with Gasteiger partial charge in [0.15, 0.2) is 0 Å². The molecule has 0 aromatic heterocycles. The molecule has 0 radical (unpaired) electrons. The SMILES string of the molecule is CCCOc1ccc(CCNC(C)C)cc1N. The van der Waals surface area contributed by atoms with Crippen molar-refractivity contribution in [3.05, 3.63) is 23.8 Å². The van der Waals surface area contributed by atoms with Crippen molar-refractivity contribution in [2.45, 2.75) is 39.7 Å². The zero-order valence-electron chi connectivity index (χ0n) is 11.1. The molecule has 0 heterocycles. The molecule has 3 heteroatoms.